The third kappa shape index (κ3) is 2.51. The van der Waals surface area contributed by atoms with E-state index in [1.165, 1.54) is 7.11 Å². The molecular weight excluding hydrogens is 256 g/mol. The van der Waals surface area contributed by atoms with Gasteiger partial charge >= 0.3 is 5.97 Å². The summed E-state index contributed by atoms with van der Waals surface area (Å²) in [5, 5.41) is 0. The van der Waals surface area contributed by atoms with E-state index in [2.05, 4.69) is 14.9 Å². The number of likely N-dealkylation sites (tertiary alicyclic amines) is 1. The maximum atomic E-state index is 11.8. The van der Waals surface area contributed by atoms with Crippen LogP contribution in [0.5, 0.6) is 0 Å². The van der Waals surface area contributed by atoms with Crippen molar-refractivity contribution in [3.8, 4) is 0 Å². The van der Waals surface area contributed by atoms with Gasteiger partial charge in [0.05, 0.1) is 12.8 Å². The zero-order valence-electron chi connectivity index (χ0n) is 11.5. The standard InChI is InChI=1S/C14H18N4O2/c1-20-13(19)12-5-2-3-7-17(12)9-11-10-18-8-4-6-15-14(18)16-11/h4,6,8,10,12H,2-3,5,7,9H2,1H3. The molecule has 0 spiro atoms. The molecule has 1 unspecified atom stereocenters. The molecular formula is C14H18N4O2. The summed E-state index contributed by atoms with van der Waals surface area (Å²) >= 11 is 0. The monoisotopic (exact) mass is 274 g/mol. The Balaban J connectivity index is 1.79. The van der Waals surface area contributed by atoms with Crippen molar-refractivity contribution in [3.63, 3.8) is 0 Å². The van der Waals surface area contributed by atoms with Crippen LogP contribution in [0, 0.1) is 0 Å². The van der Waals surface area contributed by atoms with E-state index in [1.54, 1.807) is 6.20 Å². The number of piperidine rings is 1. The Labute approximate surface area is 117 Å². The van der Waals surface area contributed by atoms with Crippen LogP contribution in [0.1, 0.15) is 25.0 Å². The van der Waals surface area contributed by atoms with Crippen molar-refractivity contribution in [3.05, 3.63) is 30.4 Å². The van der Waals surface area contributed by atoms with E-state index in [0.29, 0.717) is 12.3 Å². The fourth-order valence-corrected chi connectivity index (χ4v) is 2.75. The number of rotatable bonds is 3. The lowest BCUT2D eigenvalue weighted by molar-refractivity contribution is -0.148. The first-order chi connectivity index (χ1) is 9.78. The van der Waals surface area contributed by atoms with E-state index in [1.807, 2.05) is 22.9 Å². The molecule has 106 valence electrons. The number of carbonyl (C=O) groups excluding carboxylic acids is 1. The molecule has 0 saturated carbocycles. The van der Waals surface area contributed by atoms with E-state index in [4.69, 9.17) is 4.74 Å². The summed E-state index contributed by atoms with van der Waals surface area (Å²) in [5.41, 5.74) is 0.930. The quantitative estimate of drug-likeness (QED) is 0.789. The van der Waals surface area contributed by atoms with Crippen molar-refractivity contribution in [1.82, 2.24) is 19.3 Å². The lowest BCUT2D eigenvalue weighted by atomic mass is 10.0. The van der Waals surface area contributed by atoms with Crippen LogP contribution in [0.3, 0.4) is 0 Å². The SMILES string of the molecule is COC(=O)C1CCCCN1Cc1cn2cccnc2n1. The topological polar surface area (TPSA) is 59.7 Å². The van der Waals surface area contributed by atoms with Gasteiger partial charge in [-0.05, 0) is 25.5 Å². The van der Waals surface area contributed by atoms with Crippen LogP contribution in [0.15, 0.2) is 24.7 Å². The van der Waals surface area contributed by atoms with Crippen molar-refractivity contribution in [2.75, 3.05) is 13.7 Å². The number of nitrogens with zero attached hydrogens (tertiary/aromatic N) is 4. The molecule has 1 aliphatic heterocycles. The van der Waals surface area contributed by atoms with E-state index in [-0.39, 0.29) is 12.0 Å². The smallest absolute Gasteiger partial charge is 0.323 e. The van der Waals surface area contributed by atoms with E-state index < -0.39 is 0 Å². The lowest BCUT2D eigenvalue weighted by Gasteiger charge is -2.32. The number of carbonyl (C=O) groups is 1. The van der Waals surface area contributed by atoms with Gasteiger partial charge in [-0.1, -0.05) is 6.42 Å². The molecule has 3 heterocycles. The van der Waals surface area contributed by atoms with Gasteiger partial charge in [0.25, 0.3) is 0 Å². The fraction of sp³-hybridized carbons (Fsp3) is 0.500. The first-order valence-electron chi connectivity index (χ1n) is 6.88. The minimum atomic E-state index is -0.147. The number of hydrogen-bond acceptors (Lipinski definition) is 5. The Hall–Kier alpha value is -1.95. The number of aromatic nitrogens is 3. The largest absolute Gasteiger partial charge is 0.468 e. The van der Waals surface area contributed by atoms with Gasteiger partial charge in [-0.2, -0.15) is 0 Å². The van der Waals surface area contributed by atoms with Crippen LogP contribution < -0.4 is 0 Å². The molecule has 3 rings (SSSR count). The third-order valence-corrected chi connectivity index (χ3v) is 3.74. The minimum absolute atomic E-state index is 0.147. The Kier molecular flexibility index (Phi) is 3.64. The number of fused-ring (bicyclic) bond motifs is 1. The van der Waals surface area contributed by atoms with Gasteiger partial charge in [-0.15, -0.1) is 0 Å². The molecule has 0 aliphatic carbocycles. The molecule has 0 N–H and O–H groups in total. The predicted molar refractivity (Wildman–Crippen MR) is 73.1 cm³/mol. The second kappa shape index (κ2) is 5.58. The summed E-state index contributed by atoms with van der Waals surface area (Å²) in [7, 11) is 1.45. The molecule has 1 saturated heterocycles. The predicted octanol–water partition coefficient (Wildman–Crippen LogP) is 1.26. The highest BCUT2D eigenvalue weighted by Gasteiger charge is 2.29. The zero-order chi connectivity index (χ0) is 13.9. The van der Waals surface area contributed by atoms with Gasteiger partial charge < -0.3 is 4.74 Å². The lowest BCUT2D eigenvalue weighted by Crippen LogP contribution is -2.44. The summed E-state index contributed by atoms with van der Waals surface area (Å²) in [4.78, 5) is 22.7. The zero-order valence-corrected chi connectivity index (χ0v) is 11.5. The van der Waals surface area contributed by atoms with Crippen LogP contribution in [0.4, 0.5) is 0 Å². The Morgan fingerprint density at radius 2 is 2.40 bits per heavy atom. The summed E-state index contributed by atoms with van der Waals surface area (Å²) in [6.45, 7) is 1.56. The molecule has 6 heteroatoms. The highest BCUT2D eigenvalue weighted by atomic mass is 16.5. The van der Waals surface area contributed by atoms with Crippen LogP contribution in [0.2, 0.25) is 0 Å². The number of methoxy groups -OCH3 is 1. The average Bonchev–Trinajstić information content (AvgIpc) is 2.89. The van der Waals surface area contributed by atoms with E-state index >= 15 is 0 Å². The second-order valence-corrected chi connectivity index (χ2v) is 5.06. The summed E-state index contributed by atoms with van der Waals surface area (Å²) < 4.78 is 6.79. The maximum absolute atomic E-state index is 11.8. The Morgan fingerprint density at radius 1 is 1.50 bits per heavy atom. The summed E-state index contributed by atoms with van der Waals surface area (Å²) in [6, 6.07) is 1.72. The number of hydrogen-bond donors (Lipinski definition) is 0. The molecule has 0 bridgehead atoms. The highest BCUT2D eigenvalue weighted by molar-refractivity contribution is 5.75. The van der Waals surface area contributed by atoms with Gasteiger partial charge in [-0.3, -0.25) is 14.1 Å². The van der Waals surface area contributed by atoms with E-state index in [9.17, 15) is 4.79 Å². The molecule has 2 aromatic heterocycles. The minimum Gasteiger partial charge on any atom is -0.468 e. The molecule has 1 aliphatic rings. The van der Waals surface area contributed by atoms with Crippen LogP contribution in [-0.4, -0.2) is 44.9 Å². The van der Waals surface area contributed by atoms with Gasteiger partial charge in [-0.25, -0.2) is 9.97 Å². The van der Waals surface area contributed by atoms with Crippen molar-refractivity contribution in [1.29, 1.82) is 0 Å². The van der Waals surface area contributed by atoms with Gasteiger partial charge in [0.2, 0.25) is 5.78 Å². The highest BCUT2D eigenvalue weighted by Crippen LogP contribution is 2.20. The van der Waals surface area contributed by atoms with Crippen molar-refractivity contribution in [2.24, 2.45) is 0 Å². The van der Waals surface area contributed by atoms with Crippen molar-refractivity contribution < 1.29 is 9.53 Å². The molecule has 1 fully saturated rings. The van der Waals surface area contributed by atoms with Gasteiger partial charge in [0, 0.05) is 25.1 Å². The molecule has 0 aromatic carbocycles. The Bertz CT molecular complexity index is 577. The number of ether oxygens (including phenoxy) is 1. The first kappa shape index (κ1) is 13.1. The second-order valence-electron chi connectivity index (χ2n) is 5.06. The van der Waals surface area contributed by atoms with Crippen LogP contribution in [0.25, 0.3) is 5.78 Å². The Morgan fingerprint density at radius 3 is 3.20 bits per heavy atom. The maximum Gasteiger partial charge on any atom is 0.323 e. The molecule has 2 aromatic rings. The average molecular weight is 274 g/mol. The molecule has 20 heavy (non-hydrogen) atoms. The molecule has 0 amide bonds. The van der Waals surface area contributed by atoms with Crippen molar-refractivity contribution in [2.45, 2.75) is 31.8 Å². The van der Waals surface area contributed by atoms with Crippen LogP contribution in [-0.2, 0) is 16.1 Å². The normalized spacial score (nSPS) is 20.1. The van der Waals surface area contributed by atoms with Gasteiger partial charge in [0.1, 0.15) is 6.04 Å². The van der Waals surface area contributed by atoms with Gasteiger partial charge in [0.15, 0.2) is 0 Å². The molecule has 0 radical (unpaired) electrons. The van der Waals surface area contributed by atoms with E-state index in [0.717, 1.165) is 31.5 Å². The molecule has 6 nitrogen and oxygen atoms in total. The number of imidazole rings is 1. The number of esters is 1. The summed E-state index contributed by atoms with van der Waals surface area (Å²) in [5.74, 6) is 0.542. The molecule has 1 atom stereocenters. The fourth-order valence-electron chi connectivity index (χ4n) is 2.75. The van der Waals surface area contributed by atoms with Crippen molar-refractivity contribution >= 4 is 11.7 Å². The summed E-state index contributed by atoms with van der Waals surface area (Å²) in [6.07, 6.45) is 8.66. The first-order valence-corrected chi connectivity index (χ1v) is 6.88. The third-order valence-electron chi connectivity index (χ3n) is 3.74. The van der Waals surface area contributed by atoms with Crippen LogP contribution >= 0.6 is 0 Å².